The Balaban J connectivity index is 1.95. The van der Waals surface area contributed by atoms with Crippen LogP contribution in [0.3, 0.4) is 0 Å². The lowest BCUT2D eigenvalue weighted by Crippen LogP contribution is -2.24. The minimum Gasteiger partial charge on any atom is -0.508 e. The molecule has 1 fully saturated rings. The van der Waals surface area contributed by atoms with Gasteiger partial charge >= 0.3 is 0 Å². The fraction of sp³-hybridized carbons (Fsp3) is 0.600. The molecule has 1 heterocycles. The van der Waals surface area contributed by atoms with E-state index in [1.165, 1.54) is 37.9 Å². The summed E-state index contributed by atoms with van der Waals surface area (Å²) >= 11 is 0. The van der Waals surface area contributed by atoms with Gasteiger partial charge in [0.05, 0.1) is 0 Å². The maximum absolute atomic E-state index is 9.46. The first-order valence-electron chi connectivity index (χ1n) is 6.55. The third-order valence-electron chi connectivity index (χ3n) is 3.75. The van der Waals surface area contributed by atoms with Crippen molar-refractivity contribution in [3.05, 3.63) is 29.8 Å². The Morgan fingerprint density at radius 1 is 1.24 bits per heavy atom. The predicted molar refractivity (Wildman–Crippen MR) is 71.0 cm³/mol. The van der Waals surface area contributed by atoms with E-state index < -0.39 is 0 Å². The Morgan fingerprint density at radius 3 is 2.82 bits per heavy atom. The van der Waals surface area contributed by atoms with E-state index in [1.807, 2.05) is 12.1 Å². The van der Waals surface area contributed by atoms with Gasteiger partial charge in [0.1, 0.15) is 5.75 Å². The SMILES string of the molecule is CC1(C)CCCN(Cc2cccc(O)c2)CC1. The van der Waals surface area contributed by atoms with Crippen LogP contribution in [0.15, 0.2) is 24.3 Å². The van der Waals surface area contributed by atoms with Crippen molar-refractivity contribution in [2.75, 3.05) is 13.1 Å². The summed E-state index contributed by atoms with van der Waals surface area (Å²) in [6.45, 7) is 8.04. The van der Waals surface area contributed by atoms with Crippen LogP contribution in [0.5, 0.6) is 5.75 Å². The molecule has 1 aromatic rings. The monoisotopic (exact) mass is 233 g/mol. The van der Waals surface area contributed by atoms with Crippen LogP contribution in [0, 0.1) is 5.41 Å². The van der Waals surface area contributed by atoms with Crippen molar-refractivity contribution in [3.8, 4) is 5.75 Å². The van der Waals surface area contributed by atoms with Crippen molar-refractivity contribution in [2.24, 2.45) is 5.41 Å². The highest BCUT2D eigenvalue weighted by molar-refractivity contribution is 5.26. The van der Waals surface area contributed by atoms with Gasteiger partial charge in [0, 0.05) is 6.54 Å². The Labute approximate surface area is 104 Å². The van der Waals surface area contributed by atoms with E-state index >= 15 is 0 Å². The lowest BCUT2D eigenvalue weighted by Gasteiger charge is -2.23. The Bertz CT molecular complexity index is 373. The van der Waals surface area contributed by atoms with E-state index in [-0.39, 0.29) is 0 Å². The van der Waals surface area contributed by atoms with Gasteiger partial charge in [-0.1, -0.05) is 26.0 Å². The molecule has 1 N–H and O–H groups in total. The second-order valence-corrected chi connectivity index (χ2v) is 5.96. The van der Waals surface area contributed by atoms with Crippen LogP contribution < -0.4 is 0 Å². The molecular weight excluding hydrogens is 210 g/mol. The summed E-state index contributed by atoms with van der Waals surface area (Å²) in [5.74, 6) is 0.373. The molecule has 0 saturated carbocycles. The minimum absolute atomic E-state index is 0.373. The summed E-state index contributed by atoms with van der Waals surface area (Å²) in [6, 6.07) is 7.62. The molecule has 0 aromatic heterocycles. The van der Waals surface area contributed by atoms with Crippen molar-refractivity contribution in [1.82, 2.24) is 4.90 Å². The molecule has 17 heavy (non-hydrogen) atoms. The van der Waals surface area contributed by atoms with E-state index in [1.54, 1.807) is 6.07 Å². The summed E-state index contributed by atoms with van der Waals surface area (Å²) in [5.41, 5.74) is 1.71. The second-order valence-electron chi connectivity index (χ2n) is 5.96. The van der Waals surface area contributed by atoms with Crippen LogP contribution >= 0.6 is 0 Å². The summed E-state index contributed by atoms with van der Waals surface area (Å²) in [6.07, 6.45) is 3.88. The van der Waals surface area contributed by atoms with Crippen LogP contribution in [0.4, 0.5) is 0 Å². The molecule has 0 amide bonds. The number of hydrogen-bond donors (Lipinski definition) is 1. The molecule has 0 radical (unpaired) electrons. The average molecular weight is 233 g/mol. The fourth-order valence-corrected chi connectivity index (χ4v) is 2.55. The van der Waals surface area contributed by atoms with Crippen molar-refractivity contribution < 1.29 is 5.11 Å². The van der Waals surface area contributed by atoms with Gasteiger partial charge < -0.3 is 5.11 Å². The summed E-state index contributed by atoms with van der Waals surface area (Å²) < 4.78 is 0. The standard InChI is InChI=1S/C15H23NO/c1-15(2)7-4-9-16(10-8-15)12-13-5-3-6-14(17)11-13/h3,5-6,11,17H,4,7-10,12H2,1-2H3. The van der Waals surface area contributed by atoms with Gasteiger partial charge in [-0.05, 0) is 55.5 Å². The van der Waals surface area contributed by atoms with Crippen LogP contribution in [-0.4, -0.2) is 23.1 Å². The molecule has 0 spiro atoms. The Hall–Kier alpha value is -1.02. The van der Waals surface area contributed by atoms with Gasteiger partial charge in [-0.15, -0.1) is 0 Å². The quantitative estimate of drug-likeness (QED) is 0.846. The topological polar surface area (TPSA) is 23.5 Å². The van der Waals surface area contributed by atoms with Crippen molar-refractivity contribution in [2.45, 2.75) is 39.7 Å². The number of benzene rings is 1. The average Bonchev–Trinajstić information content (AvgIpc) is 2.41. The number of phenols is 1. The largest absolute Gasteiger partial charge is 0.508 e. The third kappa shape index (κ3) is 3.74. The second kappa shape index (κ2) is 5.09. The van der Waals surface area contributed by atoms with E-state index in [0.717, 1.165) is 6.54 Å². The number of rotatable bonds is 2. The molecule has 1 aromatic carbocycles. The maximum atomic E-state index is 9.46. The molecule has 2 rings (SSSR count). The first-order valence-corrected chi connectivity index (χ1v) is 6.55. The zero-order valence-electron chi connectivity index (χ0n) is 10.9. The molecule has 1 aliphatic heterocycles. The zero-order chi connectivity index (χ0) is 12.3. The number of likely N-dealkylation sites (tertiary alicyclic amines) is 1. The predicted octanol–water partition coefficient (Wildman–Crippen LogP) is 3.40. The first kappa shape index (κ1) is 12.4. The van der Waals surface area contributed by atoms with Crippen molar-refractivity contribution >= 4 is 0 Å². The minimum atomic E-state index is 0.373. The van der Waals surface area contributed by atoms with E-state index in [9.17, 15) is 5.11 Å². The highest BCUT2D eigenvalue weighted by Crippen LogP contribution is 2.30. The van der Waals surface area contributed by atoms with Crippen molar-refractivity contribution in [3.63, 3.8) is 0 Å². The van der Waals surface area contributed by atoms with Crippen molar-refractivity contribution in [1.29, 1.82) is 0 Å². The Kier molecular flexibility index (Phi) is 3.72. The molecule has 0 atom stereocenters. The van der Waals surface area contributed by atoms with Crippen LogP contribution in [0.1, 0.15) is 38.7 Å². The van der Waals surface area contributed by atoms with Crippen LogP contribution in [0.25, 0.3) is 0 Å². The van der Waals surface area contributed by atoms with Gasteiger partial charge in [0.2, 0.25) is 0 Å². The lowest BCUT2D eigenvalue weighted by atomic mass is 9.85. The van der Waals surface area contributed by atoms with E-state index in [4.69, 9.17) is 0 Å². The molecular formula is C15H23NO. The maximum Gasteiger partial charge on any atom is 0.115 e. The summed E-state index contributed by atoms with van der Waals surface area (Å²) in [7, 11) is 0. The van der Waals surface area contributed by atoms with Gasteiger partial charge in [0.25, 0.3) is 0 Å². The Morgan fingerprint density at radius 2 is 2.06 bits per heavy atom. The number of hydrogen-bond acceptors (Lipinski definition) is 2. The zero-order valence-corrected chi connectivity index (χ0v) is 10.9. The molecule has 94 valence electrons. The molecule has 1 saturated heterocycles. The number of phenolic OH excluding ortho intramolecular Hbond substituents is 1. The first-order chi connectivity index (χ1) is 8.05. The fourth-order valence-electron chi connectivity index (χ4n) is 2.55. The van der Waals surface area contributed by atoms with Crippen LogP contribution in [0.2, 0.25) is 0 Å². The molecule has 2 nitrogen and oxygen atoms in total. The van der Waals surface area contributed by atoms with Gasteiger partial charge in [-0.25, -0.2) is 0 Å². The third-order valence-corrected chi connectivity index (χ3v) is 3.75. The van der Waals surface area contributed by atoms with Gasteiger partial charge in [-0.2, -0.15) is 0 Å². The highest BCUT2D eigenvalue weighted by Gasteiger charge is 2.22. The smallest absolute Gasteiger partial charge is 0.115 e. The molecule has 0 unspecified atom stereocenters. The van der Waals surface area contributed by atoms with E-state index in [2.05, 4.69) is 24.8 Å². The molecule has 0 aliphatic carbocycles. The summed E-state index contributed by atoms with van der Waals surface area (Å²) in [5, 5.41) is 9.46. The molecule has 0 bridgehead atoms. The molecule has 1 aliphatic rings. The van der Waals surface area contributed by atoms with Gasteiger partial charge in [0.15, 0.2) is 0 Å². The highest BCUT2D eigenvalue weighted by atomic mass is 16.3. The summed E-state index contributed by atoms with van der Waals surface area (Å²) in [4.78, 5) is 2.50. The molecule has 2 heteroatoms. The lowest BCUT2D eigenvalue weighted by molar-refractivity contribution is 0.255. The number of aromatic hydroxyl groups is 1. The van der Waals surface area contributed by atoms with Gasteiger partial charge in [-0.3, -0.25) is 4.90 Å². The normalized spacial score (nSPS) is 21.1. The van der Waals surface area contributed by atoms with Crippen LogP contribution in [-0.2, 0) is 6.54 Å². The number of nitrogens with zero attached hydrogens (tertiary/aromatic N) is 1. The van der Waals surface area contributed by atoms with E-state index in [0.29, 0.717) is 11.2 Å².